The predicted octanol–water partition coefficient (Wildman–Crippen LogP) is 1.51. The van der Waals surface area contributed by atoms with Crippen LogP contribution in [0.2, 0.25) is 0 Å². The second-order valence-corrected chi connectivity index (χ2v) is 4.92. The SMILES string of the molecule is CC1COC(C)(CC(C)(C)CN)O1. The zero-order chi connectivity index (χ0) is 10.1. The molecule has 2 unspecified atom stereocenters. The largest absolute Gasteiger partial charge is 0.348 e. The smallest absolute Gasteiger partial charge is 0.166 e. The first-order valence-corrected chi connectivity index (χ1v) is 4.89. The van der Waals surface area contributed by atoms with Crippen LogP contribution in [0.25, 0.3) is 0 Å². The number of nitrogens with two attached hydrogens (primary N) is 1. The van der Waals surface area contributed by atoms with E-state index < -0.39 is 5.79 Å². The van der Waals surface area contributed by atoms with Crippen molar-refractivity contribution in [2.45, 2.75) is 46.0 Å². The van der Waals surface area contributed by atoms with Gasteiger partial charge < -0.3 is 15.2 Å². The van der Waals surface area contributed by atoms with Crippen LogP contribution < -0.4 is 5.73 Å². The normalized spacial score (nSPS) is 35.3. The molecule has 0 radical (unpaired) electrons. The summed E-state index contributed by atoms with van der Waals surface area (Å²) >= 11 is 0. The number of ether oxygens (including phenoxy) is 2. The van der Waals surface area contributed by atoms with Crippen molar-refractivity contribution in [1.82, 2.24) is 0 Å². The van der Waals surface area contributed by atoms with Crippen LogP contribution in [0, 0.1) is 5.41 Å². The van der Waals surface area contributed by atoms with Crippen LogP contribution in [-0.4, -0.2) is 25.0 Å². The van der Waals surface area contributed by atoms with Gasteiger partial charge in [0.2, 0.25) is 0 Å². The molecule has 0 aliphatic carbocycles. The molecule has 1 fully saturated rings. The lowest BCUT2D eigenvalue weighted by molar-refractivity contribution is -0.171. The lowest BCUT2D eigenvalue weighted by Crippen LogP contribution is -2.36. The second kappa shape index (κ2) is 3.56. The lowest BCUT2D eigenvalue weighted by atomic mass is 9.86. The van der Waals surface area contributed by atoms with Crippen molar-refractivity contribution in [1.29, 1.82) is 0 Å². The van der Waals surface area contributed by atoms with Gasteiger partial charge in [-0.25, -0.2) is 0 Å². The Hall–Kier alpha value is -0.120. The molecular formula is C10H21NO2. The Labute approximate surface area is 80.6 Å². The van der Waals surface area contributed by atoms with Crippen molar-refractivity contribution in [2.75, 3.05) is 13.2 Å². The molecule has 0 saturated carbocycles. The fraction of sp³-hybridized carbons (Fsp3) is 1.00. The summed E-state index contributed by atoms with van der Waals surface area (Å²) in [5.41, 5.74) is 5.75. The van der Waals surface area contributed by atoms with Crippen LogP contribution in [0.15, 0.2) is 0 Å². The molecule has 3 nitrogen and oxygen atoms in total. The fourth-order valence-electron chi connectivity index (χ4n) is 1.82. The van der Waals surface area contributed by atoms with E-state index in [2.05, 4.69) is 13.8 Å². The summed E-state index contributed by atoms with van der Waals surface area (Å²) < 4.78 is 11.3. The number of rotatable bonds is 3. The van der Waals surface area contributed by atoms with Crippen LogP contribution in [0.1, 0.15) is 34.1 Å². The molecule has 13 heavy (non-hydrogen) atoms. The Morgan fingerprint density at radius 2 is 2.15 bits per heavy atom. The molecule has 0 bridgehead atoms. The van der Waals surface area contributed by atoms with Crippen molar-refractivity contribution in [3.8, 4) is 0 Å². The quantitative estimate of drug-likeness (QED) is 0.728. The Morgan fingerprint density at radius 3 is 2.54 bits per heavy atom. The van der Waals surface area contributed by atoms with Gasteiger partial charge in [0, 0.05) is 6.42 Å². The van der Waals surface area contributed by atoms with E-state index in [1.165, 1.54) is 0 Å². The van der Waals surface area contributed by atoms with E-state index in [1.54, 1.807) is 0 Å². The zero-order valence-electron chi connectivity index (χ0n) is 9.09. The first kappa shape index (κ1) is 11.0. The monoisotopic (exact) mass is 187 g/mol. The highest BCUT2D eigenvalue weighted by Gasteiger charge is 2.39. The molecule has 3 heteroatoms. The van der Waals surface area contributed by atoms with Gasteiger partial charge in [0.1, 0.15) is 0 Å². The standard InChI is InChI=1S/C10H21NO2/c1-8-5-12-10(4,13-8)6-9(2,3)7-11/h8H,5-7,11H2,1-4H3. The number of hydrogen-bond donors (Lipinski definition) is 1. The van der Waals surface area contributed by atoms with E-state index in [1.807, 2.05) is 13.8 Å². The Bertz CT molecular complexity index is 182. The van der Waals surface area contributed by atoms with Crippen LogP contribution in [0.4, 0.5) is 0 Å². The van der Waals surface area contributed by atoms with E-state index >= 15 is 0 Å². The minimum Gasteiger partial charge on any atom is -0.348 e. The Balaban J connectivity index is 2.53. The molecule has 0 amide bonds. The average molecular weight is 187 g/mol. The summed E-state index contributed by atoms with van der Waals surface area (Å²) in [6.45, 7) is 9.64. The van der Waals surface area contributed by atoms with E-state index in [-0.39, 0.29) is 11.5 Å². The summed E-state index contributed by atoms with van der Waals surface area (Å²) in [4.78, 5) is 0. The molecule has 2 N–H and O–H groups in total. The third-order valence-corrected chi connectivity index (χ3v) is 2.43. The second-order valence-electron chi connectivity index (χ2n) is 4.92. The van der Waals surface area contributed by atoms with Crippen molar-refractivity contribution in [2.24, 2.45) is 11.1 Å². The van der Waals surface area contributed by atoms with Crippen molar-refractivity contribution < 1.29 is 9.47 Å². The maximum Gasteiger partial charge on any atom is 0.166 e. The molecule has 1 aliphatic rings. The first-order valence-electron chi connectivity index (χ1n) is 4.89. The Kier molecular flexibility index (Phi) is 3.00. The van der Waals surface area contributed by atoms with Gasteiger partial charge in [-0.2, -0.15) is 0 Å². The molecule has 1 saturated heterocycles. The van der Waals surface area contributed by atoms with Crippen LogP contribution in [0.3, 0.4) is 0 Å². The van der Waals surface area contributed by atoms with E-state index in [4.69, 9.17) is 15.2 Å². The van der Waals surface area contributed by atoms with Crippen molar-refractivity contribution >= 4 is 0 Å². The van der Waals surface area contributed by atoms with Gasteiger partial charge in [0.05, 0.1) is 12.7 Å². The topological polar surface area (TPSA) is 44.5 Å². The number of hydrogen-bond acceptors (Lipinski definition) is 3. The molecule has 0 spiro atoms. The van der Waals surface area contributed by atoms with Gasteiger partial charge in [-0.05, 0) is 25.8 Å². The van der Waals surface area contributed by atoms with Gasteiger partial charge in [0.25, 0.3) is 0 Å². The maximum atomic E-state index is 5.71. The zero-order valence-corrected chi connectivity index (χ0v) is 9.09. The van der Waals surface area contributed by atoms with Crippen LogP contribution >= 0.6 is 0 Å². The highest BCUT2D eigenvalue weighted by molar-refractivity contribution is 4.81. The van der Waals surface area contributed by atoms with Crippen LogP contribution in [0.5, 0.6) is 0 Å². The molecule has 1 rings (SSSR count). The third-order valence-electron chi connectivity index (χ3n) is 2.43. The van der Waals surface area contributed by atoms with E-state index in [9.17, 15) is 0 Å². The third kappa shape index (κ3) is 2.93. The summed E-state index contributed by atoms with van der Waals surface area (Å²) in [6.07, 6.45) is 1.06. The fourth-order valence-corrected chi connectivity index (χ4v) is 1.82. The minimum absolute atomic E-state index is 0.0822. The molecule has 1 aliphatic heterocycles. The van der Waals surface area contributed by atoms with Gasteiger partial charge >= 0.3 is 0 Å². The molecular weight excluding hydrogens is 166 g/mol. The predicted molar refractivity (Wildman–Crippen MR) is 52.4 cm³/mol. The molecule has 78 valence electrons. The highest BCUT2D eigenvalue weighted by atomic mass is 16.7. The summed E-state index contributed by atoms with van der Waals surface area (Å²) in [7, 11) is 0. The minimum atomic E-state index is -0.428. The van der Waals surface area contributed by atoms with Crippen molar-refractivity contribution in [3.05, 3.63) is 0 Å². The molecule has 0 aromatic heterocycles. The van der Waals surface area contributed by atoms with Gasteiger partial charge in [-0.3, -0.25) is 0 Å². The molecule has 0 aromatic carbocycles. The van der Waals surface area contributed by atoms with Crippen LogP contribution in [-0.2, 0) is 9.47 Å². The van der Waals surface area contributed by atoms with Gasteiger partial charge in [-0.15, -0.1) is 0 Å². The maximum absolute atomic E-state index is 5.71. The van der Waals surface area contributed by atoms with Gasteiger partial charge in [-0.1, -0.05) is 13.8 Å². The van der Waals surface area contributed by atoms with E-state index in [0.717, 1.165) is 6.42 Å². The summed E-state index contributed by atoms with van der Waals surface area (Å²) in [5, 5.41) is 0. The average Bonchev–Trinajstić information content (AvgIpc) is 2.30. The summed E-state index contributed by atoms with van der Waals surface area (Å²) in [6, 6.07) is 0. The highest BCUT2D eigenvalue weighted by Crippen LogP contribution is 2.34. The lowest BCUT2D eigenvalue weighted by Gasteiger charge is -2.32. The summed E-state index contributed by atoms with van der Waals surface area (Å²) in [5.74, 6) is -0.428. The van der Waals surface area contributed by atoms with E-state index in [0.29, 0.717) is 13.2 Å². The first-order chi connectivity index (χ1) is 5.87. The van der Waals surface area contributed by atoms with Crippen molar-refractivity contribution in [3.63, 3.8) is 0 Å². The Morgan fingerprint density at radius 1 is 1.54 bits per heavy atom. The molecule has 1 heterocycles. The van der Waals surface area contributed by atoms with Gasteiger partial charge in [0.15, 0.2) is 5.79 Å². The molecule has 2 atom stereocenters. The molecule has 0 aromatic rings.